The molecule has 0 radical (unpaired) electrons. The number of hydrogen-bond donors (Lipinski definition) is 4. The van der Waals surface area contributed by atoms with E-state index in [1.165, 1.54) is 25.6 Å². The first-order valence-corrected chi connectivity index (χ1v) is 14.9. The highest BCUT2D eigenvalue weighted by Gasteiger charge is 2.64. The molecule has 4 fully saturated rings. The van der Waals surface area contributed by atoms with Crippen LogP contribution in [0.5, 0.6) is 0 Å². The Hall–Kier alpha value is -1.13. The zero-order chi connectivity index (χ0) is 26.2. The summed E-state index contributed by atoms with van der Waals surface area (Å²) in [5.74, 6) is -0.793. The van der Waals surface area contributed by atoms with Crippen molar-refractivity contribution in [2.24, 2.45) is 33.2 Å². The number of fused-ring (bicyclic) bond motifs is 2. The smallest absolute Gasteiger partial charge is 0.228 e. The number of carbonyl (C=O) groups is 1. The maximum absolute atomic E-state index is 14.9. The summed E-state index contributed by atoms with van der Waals surface area (Å²) >= 11 is 0. The number of halogens is 1. The summed E-state index contributed by atoms with van der Waals surface area (Å²) in [4.78, 5) is 23.8. The van der Waals surface area contributed by atoms with E-state index in [4.69, 9.17) is 11.5 Å². The van der Waals surface area contributed by atoms with Crippen LogP contribution in [-0.4, -0.2) is 97.7 Å². The predicted molar refractivity (Wildman–Crippen MR) is 146 cm³/mol. The van der Waals surface area contributed by atoms with Crippen molar-refractivity contribution in [2.75, 3.05) is 39.3 Å². The van der Waals surface area contributed by atoms with Crippen molar-refractivity contribution in [3.63, 3.8) is 0 Å². The van der Waals surface area contributed by atoms with Crippen molar-refractivity contribution in [3.8, 4) is 0 Å². The second kappa shape index (κ2) is 11.2. The number of piperidine rings is 1. The van der Waals surface area contributed by atoms with E-state index in [0.29, 0.717) is 18.5 Å². The van der Waals surface area contributed by atoms with E-state index < -0.39 is 24.3 Å². The number of amides is 1. The first-order chi connectivity index (χ1) is 17.7. The molecule has 7 unspecified atom stereocenters. The molecule has 0 spiro atoms. The number of unbranched alkanes of at least 4 members (excludes halogenated alkanes) is 1. The zero-order valence-corrected chi connectivity index (χ0v) is 23.0. The van der Waals surface area contributed by atoms with Gasteiger partial charge < -0.3 is 22.1 Å². The molecule has 4 aliphatic heterocycles. The Bertz CT molecular complexity index is 841. The van der Waals surface area contributed by atoms with Crippen LogP contribution in [0.4, 0.5) is 4.39 Å². The summed E-state index contributed by atoms with van der Waals surface area (Å²) in [6, 6.07) is 0.563. The minimum Gasteiger partial charge on any atom is -0.350 e. The Kier molecular flexibility index (Phi) is 8.28. The monoisotopic (exact) mass is 519 g/mol. The average molecular weight is 520 g/mol. The Morgan fingerprint density at radius 2 is 2.05 bits per heavy atom. The number of nitrogens with zero attached hydrogens (tertiary/aromatic N) is 3. The molecule has 0 aromatic heterocycles. The maximum atomic E-state index is 14.9. The second-order valence-corrected chi connectivity index (χ2v) is 13.0. The molecule has 5 rings (SSSR count). The molecule has 1 saturated carbocycles. The van der Waals surface area contributed by atoms with Gasteiger partial charge in [-0.15, -0.1) is 0 Å². The van der Waals surface area contributed by atoms with Crippen molar-refractivity contribution in [3.05, 3.63) is 0 Å². The second-order valence-electron chi connectivity index (χ2n) is 13.0. The fourth-order valence-electron chi connectivity index (χ4n) is 8.31. The van der Waals surface area contributed by atoms with Crippen LogP contribution in [0.25, 0.3) is 0 Å². The molecule has 1 amide bonds. The van der Waals surface area contributed by atoms with Crippen LogP contribution in [0, 0.1) is 16.7 Å². The lowest BCUT2D eigenvalue weighted by atomic mass is 9.77. The number of alkyl halides is 1. The highest BCUT2D eigenvalue weighted by Crippen LogP contribution is 2.71. The first-order valence-electron chi connectivity index (χ1n) is 14.9. The Balaban J connectivity index is 1.30. The Labute approximate surface area is 222 Å². The molecular formula is C28H50FN7O. The standard InChI is InChI=1S/C28H50FN7O/c1-3-4-8-28-14-21(33-15-19(29)13-27(28,2)18-28)24(25(30)31)26(37)34-22-16-32-9-7-23(22)36-12-11-35-10-5-6-20(35)17-36/h15,19-25,32H,3-14,16-18,30-31H2,1-2H3,(H,34,37)/b33-15-/t19?,20-,21?,22?,23?,24?,27?,28?/m0/s1. The quantitative estimate of drug-likeness (QED) is 0.363. The van der Waals surface area contributed by atoms with Crippen LogP contribution in [0.15, 0.2) is 4.99 Å². The fourth-order valence-corrected chi connectivity index (χ4v) is 8.31. The van der Waals surface area contributed by atoms with E-state index in [-0.39, 0.29) is 22.8 Å². The molecule has 4 heterocycles. The van der Waals surface area contributed by atoms with Crippen LogP contribution in [-0.2, 0) is 4.79 Å². The van der Waals surface area contributed by atoms with Crippen LogP contribution in [0.3, 0.4) is 0 Å². The number of piperazine rings is 1. The van der Waals surface area contributed by atoms with Crippen LogP contribution >= 0.6 is 0 Å². The molecule has 210 valence electrons. The molecule has 0 aromatic rings. The molecule has 6 N–H and O–H groups in total. The third-order valence-electron chi connectivity index (χ3n) is 10.6. The lowest BCUT2D eigenvalue weighted by Gasteiger charge is -2.46. The van der Waals surface area contributed by atoms with E-state index in [1.54, 1.807) is 0 Å². The number of nitrogens with one attached hydrogen (secondary N) is 2. The summed E-state index contributed by atoms with van der Waals surface area (Å²) in [6.07, 6.45) is 8.61. The van der Waals surface area contributed by atoms with Gasteiger partial charge in [0, 0.05) is 44.5 Å². The summed E-state index contributed by atoms with van der Waals surface area (Å²) < 4.78 is 14.9. The van der Waals surface area contributed by atoms with Gasteiger partial charge in [0.2, 0.25) is 5.91 Å². The van der Waals surface area contributed by atoms with Crippen molar-refractivity contribution in [1.29, 1.82) is 0 Å². The van der Waals surface area contributed by atoms with Crippen molar-refractivity contribution in [1.82, 2.24) is 20.4 Å². The molecule has 1 aliphatic carbocycles. The van der Waals surface area contributed by atoms with E-state index in [0.717, 1.165) is 71.2 Å². The minimum absolute atomic E-state index is 0.00199. The topological polar surface area (TPSA) is 112 Å². The van der Waals surface area contributed by atoms with Gasteiger partial charge in [-0.2, -0.15) is 0 Å². The lowest BCUT2D eigenvalue weighted by molar-refractivity contribution is -0.128. The Morgan fingerprint density at radius 3 is 2.84 bits per heavy atom. The molecule has 3 saturated heterocycles. The van der Waals surface area contributed by atoms with Gasteiger partial charge in [0.05, 0.1) is 24.2 Å². The van der Waals surface area contributed by atoms with Gasteiger partial charge in [0.1, 0.15) is 6.17 Å². The minimum atomic E-state index is -1.09. The third-order valence-corrected chi connectivity index (χ3v) is 10.6. The molecular weight excluding hydrogens is 469 g/mol. The average Bonchev–Trinajstić information content (AvgIpc) is 3.16. The summed E-state index contributed by atoms with van der Waals surface area (Å²) in [5, 5.41) is 6.84. The molecule has 8 atom stereocenters. The van der Waals surface area contributed by atoms with Crippen LogP contribution < -0.4 is 22.1 Å². The molecule has 37 heavy (non-hydrogen) atoms. The molecule has 9 heteroatoms. The molecule has 5 aliphatic rings. The first kappa shape index (κ1) is 27.4. The van der Waals surface area contributed by atoms with Gasteiger partial charge in [-0.05, 0) is 68.9 Å². The predicted octanol–water partition coefficient (Wildman–Crippen LogP) is 1.63. The van der Waals surface area contributed by atoms with E-state index in [2.05, 4.69) is 39.3 Å². The SMILES string of the molecule is CCCCC12CC(C(C(=O)NC3CNCCC3N3CCN4CCC[C@H]4C3)C(N)N)/N=C\C(F)CC1(C)C2. The molecule has 8 nitrogen and oxygen atoms in total. The normalized spacial score (nSPS) is 42.4. The zero-order valence-electron chi connectivity index (χ0n) is 23.0. The lowest BCUT2D eigenvalue weighted by Crippen LogP contribution is -2.65. The number of hydrogen-bond acceptors (Lipinski definition) is 7. The summed E-state index contributed by atoms with van der Waals surface area (Å²) in [7, 11) is 0. The molecule has 0 bridgehead atoms. The van der Waals surface area contributed by atoms with Crippen LogP contribution in [0.2, 0.25) is 0 Å². The third kappa shape index (κ3) is 5.62. The van der Waals surface area contributed by atoms with Gasteiger partial charge >= 0.3 is 0 Å². The van der Waals surface area contributed by atoms with E-state index in [9.17, 15) is 9.18 Å². The molecule has 0 aromatic carbocycles. The Morgan fingerprint density at radius 1 is 1.24 bits per heavy atom. The van der Waals surface area contributed by atoms with Gasteiger partial charge in [-0.1, -0.05) is 26.7 Å². The number of aliphatic imine (C=N–C) groups is 1. The van der Waals surface area contributed by atoms with Gasteiger partial charge in [0.25, 0.3) is 0 Å². The van der Waals surface area contributed by atoms with Crippen molar-refractivity contribution < 1.29 is 9.18 Å². The summed E-state index contributed by atoms with van der Waals surface area (Å²) in [5.41, 5.74) is 12.6. The number of rotatable bonds is 8. The van der Waals surface area contributed by atoms with E-state index >= 15 is 0 Å². The fraction of sp³-hybridized carbons (Fsp3) is 0.929. The van der Waals surface area contributed by atoms with Crippen LogP contribution in [0.1, 0.15) is 71.6 Å². The van der Waals surface area contributed by atoms with Gasteiger partial charge in [-0.3, -0.25) is 19.6 Å². The number of carbonyl (C=O) groups excluding carboxylic acids is 1. The maximum Gasteiger partial charge on any atom is 0.228 e. The largest absolute Gasteiger partial charge is 0.350 e. The van der Waals surface area contributed by atoms with E-state index in [1.807, 2.05) is 0 Å². The highest BCUT2D eigenvalue weighted by atomic mass is 19.1. The van der Waals surface area contributed by atoms with Crippen molar-refractivity contribution >= 4 is 12.1 Å². The number of nitrogens with two attached hydrogens (primary N) is 2. The van der Waals surface area contributed by atoms with Gasteiger partial charge in [-0.25, -0.2) is 4.39 Å². The summed E-state index contributed by atoms with van der Waals surface area (Å²) in [6.45, 7) is 10.6. The van der Waals surface area contributed by atoms with Gasteiger partial charge in [0.15, 0.2) is 0 Å². The van der Waals surface area contributed by atoms with Crippen molar-refractivity contribution in [2.45, 2.75) is 108 Å². The highest BCUT2D eigenvalue weighted by molar-refractivity contribution is 5.81.